The molecule has 2 aromatic rings. The molecule has 0 fully saturated rings. The summed E-state index contributed by atoms with van der Waals surface area (Å²) < 4.78 is 38.1. The van der Waals surface area contributed by atoms with E-state index >= 15 is 0 Å². The third-order valence-corrected chi connectivity index (χ3v) is 3.97. The molecule has 1 heterocycles. The fraction of sp³-hybridized carbons (Fsp3) is 0.182. The van der Waals surface area contributed by atoms with Gasteiger partial charge in [-0.25, -0.2) is 4.98 Å². The van der Waals surface area contributed by atoms with Crippen molar-refractivity contribution in [3.63, 3.8) is 0 Å². The fourth-order valence-corrected chi connectivity index (χ4v) is 2.75. The van der Waals surface area contributed by atoms with Gasteiger partial charge in [-0.05, 0) is 40.3 Å². The minimum Gasteiger partial charge on any atom is -0.383 e. The fourth-order valence-electron chi connectivity index (χ4n) is 1.38. The van der Waals surface area contributed by atoms with Crippen LogP contribution in [0, 0.1) is 3.57 Å². The number of thiazole rings is 1. The van der Waals surface area contributed by atoms with E-state index in [4.69, 9.17) is 0 Å². The maximum Gasteiger partial charge on any atom is 0.443 e. The van der Waals surface area contributed by atoms with Crippen molar-refractivity contribution in [2.45, 2.75) is 12.3 Å². The lowest BCUT2D eigenvalue weighted by Gasteiger charge is -2.08. The molecule has 2 rings (SSSR count). The van der Waals surface area contributed by atoms with Crippen LogP contribution >= 0.6 is 33.9 Å². The molecule has 0 bridgehead atoms. The monoisotopic (exact) mass is 385 g/mol. The number of alkyl halides is 3. The number of hydrogen-bond donors (Lipinski definition) is 1. The van der Waals surface area contributed by atoms with Crippen molar-refractivity contribution >= 4 is 33.9 Å². The molecule has 1 unspecified atom stereocenters. The van der Waals surface area contributed by atoms with Gasteiger partial charge in [-0.2, -0.15) is 13.2 Å². The highest BCUT2D eigenvalue weighted by Crippen LogP contribution is 2.35. The Bertz CT molecular complexity index is 555. The Labute approximate surface area is 119 Å². The summed E-state index contributed by atoms with van der Waals surface area (Å²) in [5.74, 6) is 0. The van der Waals surface area contributed by atoms with Crippen molar-refractivity contribution in [3.05, 3.63) is 49.5 Å². The van der Waals surface area contributed by atoms with Crippen LogP contribution in [0.1, 0.15) is 21.6 Å². The molecular weight excluding hydrogens is 378 g/mol. The largest absolute Gasteiger partial charge is 0.443 e. The first-order valence-electron chi connectivity index (χ1n) is 4.84. The van der Waals surface area contributed by atoms with E-state index in [0.29, 0.717) is 16.9 Å². The summed E-state index contributed by atoms with van der Waals surface area (Å²) in [7, 11) is 0. The lowest BCUT2D eigenvalue weighted by Crippen LogP contribution is -2.03. The lowest BCUT2D eigenvalue weighted by atomic mass is 10.1. The first-order chi connectivity index (χ1) is 8.38. The zero-order chi connectivity index (χ0) is 13.3. The van der Waals surface area contributed by atoms with Gasteiger partial charge in [0.25, 0.3) is 0 Å². The van der Waals surface area contributed by atoms with Gasteiger partial charge in [-0.3, -0.25) is 0 Å². The first kappa shape index (κ1) is 13.8. The van der Waals surface area contributed by atoms with Crippen LogP contribution in [0.15, 0.2) is 30.5 Å². The van der Waals surface area contributed by atoms with Crippen LogP contribution in [-0.2, 0) is 6.18 Å². The van der Waals surface area contributed by atoms with Crippen molar-refractivity contribution in [1.29, 1.82) is 0 Å². The highest BCUT2D eigenvalue weighted by Gasteiger charge is 2.35. The van der Waals surface area contributed by atoms with Crippen molar-refractivity contribution in [3.8, 4) is 0 Å². The zero-order valence-corrected chi connectivity index (χ0v) is 11.8. The van der Waals surface area contributed by atoms with Gasteiger partial charge in [0.15, 0.2) is 5.01 Å². The summed E-state index contributed by atoms with van der Waals surface area (Å²) in [6.07, 6.45) is -4.47. The van der Waals surface area contributed by atoms with Gasteiger partial charge in [0.05, 0.1) is 4.88 Å². The van der Waals surface area contributed by atoms with Gasteiger partial charge in [-0.1, -0.05) is 12.1 Å². The smallest absolute Gasteiger partial charge is 0.383 e. The number of benzene rings is 1. The number of rotatable bonds is 2. The van der Waals surface area contributed by atoms with Crippen molar-refractivity contribution < 1.29 is 18.3 Å². The molecule has 0 saturated carbocycles. The number of aromatic nitrogens is 1. The van der Waals surface area contributed by atoms with E-state index in [1.54, 1.807) is 18.2 Å². The average molecular weight is 385 g/mol. The van der Waals surface area contributed by atoms with Crippen LogP contribution in [0.25, 0.3) is 0 Å². The molecule has 0 aliphatic heterocycles. The number of aliphatic hydroxyl groups is 1. The summed E-state index contributed by atoms with van der Waals surface area (Å²) >= 11 is 2.53. The van der Waals surface area contributed by atoms with Crippen molar-refractivity contribution in [2.24, 2.45) is 0 Å². The third-order valence-electron chi connectivity index (χ3n) is 2.20. The number of nitrogens with zero attached hydrogens (tertiary/aromatic N) is 1. The summed E-state index contributed by atoms with van der Waals surface area (Å²) in [6, 6.07) is 6.97. The normalized spacial score (nSPS) is 13.6. The zero-order valence-electron chi connectivity index (χ0n) is 8.78. The predicted molar refractivity (Wildman–Crippen MR) is 70.3 cm³/mol. The molecule has 0 aliphatic carbocycles. The third kappa shape index (κ3) is 3.01. The van der Waals surface area contributed by atoms with E-state index in [1.807, 2.05) is 6.07 Å². The molecule has 0 saturated heterocycles. The summed E-state index contributed by atoms with van der Waals surface area (Å²) in [6.45, 7) is 0. The van der Waals surface area contributed by atoms with Gasteiger partial charge in [0, 0.05) is 9.77 Å². The van der Waals surface area contributed by atoms with Crippen molar-refractivity contribution in [1.82, 2.24) is 4.98 Å². The second-order valence-electron chi connectivity index (χ2n) is 3.52. The predicted octanol–water partition coefficient (Wildman–Crippen LogP) is 3.85. The Morgan fingerprint density at radius 1 is 1.33 bits per heavy atom. The molecule has 1 aromatic carbocycles. The second kappa shape index (κ2) is 5.14. The minimum absolute atomic E-state index is 0.185. The van der Waals surface area contributed by atoms with E-state index in [0.717, 1.165) is 9.77 Å². The Morgan fingerprint density at radius 2 is 2.06 bits per heavy atom. The maximum atomic E-state index is 12.4. The van der Waals surface area contributed by atoms with Gasteiger partial charge in [0.1, 0.15) is 6.10 Å². The van der Waals surface area contributed by atoms with Crippen LogP contribution in [0.5, 0.6) is 0 Å². The molecule has 7 heteroatoms. The highest BCUT2D eigenvalue weighted by atomic mass is 127. The number of halogens is 4. The summed E-state index contributed by atoms with van der Waals surface area (Å²) in [5.41, 5.74) is 0.555. The second-order valence-corrected chi connectivity index (χ2v) is 5.83. The summed E-state index contributed by atoms with van der Waals surface area (Å²) in [5, 5.41) is 9.05. The maximum absolute atomic E-state index is 12.4. The van der Waals surface area contributed by atoms with Gasteiger partial charge in [0.2, 0.25) is 0 Å². The molecule has 1 atom stereocenters. The Kier molecular flexibility index (Phi) is 3.93. The molecule has 96 valence electrons. The van der Waals surface area contributed by atoms with Crippen LogP contribution in [0.3, 0.4) is 0 Å². The Morgan fingerprint density at radius 3 is 2.61 bits per heavy atom. The quantitative estimate of drug-likeness (QED) is 0.797. The van der Waals surface area contributed by atoms with E-state index in [2.05, 4.69) is 27.6 Å². The molecule has 18 heavy (non-hydrogen) atoms. The number of aliphatic hydroxyl groups excluding tert-OH is 1. The highest BCUT2D eigenvalue weighted by molar-refractivity contribution is 14.1. The lowest BCUT2D eigenvalue weighted by molar-refractivity contribution is -0.137. The standard InChI is InChI=1S/C11H7F3INOS/c12-11(13,14)10-16-5-8(18-10)9(17)6-2-1-3-7(15)4-6/h1-5,9,17H. The topological polar surface area (TPSA) is 33.1 Å². The van der Waals surface area contributed by atoms with E-state index in [1.165, 1.54) is 0 Å². The van der Waals surface area contributed by atoms with Gasteiger partial charge < -0.3 is 5.11 Å². The molecule has 0 spiro atoms. The Hall–Kier alpha value is -0.670. The molecule has 1 aromatic heterocycles. The SMILES string of the molecule is OC(c1cccc(I)c1)c1cnc(C(F)(F)F)s1. The van der Waals surface area contributed by atoms with E-state index in [-0.39, 0.29) is 4.88 Å². The van der Waals surface area contributed by atoms with Crippen LogP contribution in [0.2, 0.25) is 0 Å². The van der Waals surface area contributed by atoms with Gasteiger partial charge in [-0.15, -0.1) is 11.3 Å². The van der Waals surface area contributed by atoms with Crippen LogP contribution in [0.4, 0.5) is 13.2 Å². The molecular formula is C11H7F3INOS. The van der Waals surface area contributed by atoms with Crippen molar-refractivity contribution in [2.75, 3.05) is 0 Å². The molecule has 0 aliphatic rings. The van der Waals surface area contributed by atoms with E-state index < -0.39 is 17.3 Å². The molecule has 0 amide bonds. The number of hydrogen-bond acceptors (Lipinski definition) is 3. The minimum atomic E-state index is -4.46. The van der Waals surface area contributed by atoms with E-state index in [9.17, 15) is 18.3 Å². The van der Waals surface area contributed by atoms with Crippen LogP contribution in [-0.4, -0.2) is 10.1 Å². The average Bonchev–Trinajstić information content (AvgIpc) is 2.77. The summed E-state index contributed by atoms with van der Waals surface area (Å²) in [4.78, 5) is 3.47. The first-order valence-corrected chi connectivity index (χ1v) is 6.74. The Balaban J connectivity index is 2.29. The van der Waals surface area contributed by atoms with Crippen LogP contribution < -0.4 is 0 Å². The molecule has 1 N–H and O–H groups in total. The van der Waals surface area contributed by atoms with Gasteiger partial charge >= 0.3 is 6.18 Å². The molecule has 2 nitrogen and oxygen atoms in total. The molecule has 0 radical (unpaired) electrons.